The monoisotopic (exact) mass is 272 g/mol. The molecule has 96 valence electrons. The number of ether oxygens (including phenoxy) is 1. The number of rotatable bonds is 2. The molecule has 3 rings (SSSR count). The molecule has 0 aliphatic heterocycles. The second-order valence-electron chi connectivity index (χ2n) is 4.60. The van der Waals surface area contributed by atoms with Gasteiger partial charge in [0.25, 0.3) is 0 Å². The Morgan fingerprint density at radius 1 is 1.11 bits per heavy atom. The van der Waals surface area contributed by atoms with E-state index >= 15 is 0 Å². The SMILES string of the molecule is COc1ccc(-c2cccc3c2CCC3=O)cc1Cl. The number of benzene rings is 2. The maximum atomic E-state index is 11.8. The molecule has 0 saturated carbocycles. The topological polar surface area (TPSA) is 26.3 Å². The van der Waals surface area contributed by atoms with Crippen LogP contribution in [0.3, 0.4) is 0 Å². The Balaban J connectivity index is 2.13. The van der Waals surface area contributed by atoms with Crippen LogP contribution in [0.25, 0.3) is 11.1 Å². The zero-order valence-electron chi connectivity index (χ0n) is 10.6. The lowest BCUT2D eigenvalue weighted by Crippen LogP contribution is -1.92. The van der Waals surface area contributed by atoms with Gasteiger partial charge in [-0.25, -0.2) is 0 Å². The van der Waals surface area contributed by atoms with Crippen LogP contribution in [-0.2, 0) is 6.42 Å². The molecule has 2 aromatic rings. The van der Waals surface area contributed by atoms with Gasteiger partial charge < -0.3 is 4.74 Å². The number of carbonyl (C=O) groups is 1. The van der Waals surface area contributed by atoms with Crippen molar-refractivity contribution in [3.05, 3.63) is 52.5 Å². The fourth-order valence-electron chi connectivity index (χ4n) is 2.59. The van der Waals surface area contributed by atoms with Crippen molar-refractivity contribution in [2.24, 2.45) is 0 Å². The van der Waals surface area contributed by atoms with Crippen molar-refractivity contribution >= 4 is 17.4 Å². The van der Waals surface area contributed by atoms with Crippen LogP contribution in [0.4, 0.5) is 0 Å². The molecule has 0 saturated heterocycles. The number of hydrogen-bond acceptors (Lipinski definition) is 2. The predicted octanol–water partition coefficient (Wildman–Crippen LogP) is 4.14. The summed E-state index contributed by atoms with van der Waals surface area (Å²) >= 11 is 6.17. The third-order valence-corrected chi connectivity index (χ3v) is 3.84. The molecule has 0 N–H and O–H groups in total. The van der Waals surface area contributed by atoms with Gasteiger partial charge in [0.2, 0.25) is 0 Å². The zero-order chi connectivity index (χ0) is 13.4. The maximum absolute atomic E-state index is 11.8. The fraction of sp³-hybridized carbons (Fsp3) is 0.188. The number of Topliss-reactive ketones (excluding diaryl/α,β-unsaturated/α-hetero) is 1. The summed E-state index contributed by atoms with van der Waals surface area (Å²) in [6.07, 6.45) is 1.42. The Hall–Kier alpha value is -1.80. The highest BCUT2D eigenvalue weighted by atomic mass is 35.5. The first-order valence-corrected chi connectivity index (χ1v) is 6.57. The van der Waals surface area contributed by atoms with Crippen molar-refractivity contribution in [1.29, 1.82) is 0 Å². The van der Waals surface area contributed by atoms with Gasteiger partial charge in [0.05, 0.1) is 12.1 Å². The van der Waals surface area contributed by atoms with Crippen LogP contribution in [0, 0.1) is 0 Å². The highest BCUT2D eigenvalue weighted by Crippen LogP contribution is 2.35. The van der Waals surface area contributed by atoms with E-state index in [0.29, 0.717) is 17.2 Å². The van der Waals surface area contributed by atoms with E-state index < -0.39 is 0 Å². The molecule has 0 amide bonds. The third-order valence-electron chi connectivity index (χ3n) is 3.54. The third kappa shape index (κ3) is 2.02. The molecule has 0 unspecified atom stereocenters. The van der Waals surface area contributed by atoms with Crippen LogP contribution in [0.15, 0.2) is 36.4 Å². The van der Waals surface area contributed by atoms with E-state index in [4.69, 9.17) is 16.3 Å². The molecule has 3 heteroatoms. The zero-order valence-corrected chi connectivity index (χ0v) is 11.3. The molecule has 1 aliphatic rings. The van der Waals surface area contributed by atoms with Crippen molar-refractivity contribution in [3.8, 4) is 16.9 Å². The molecule has 0 radical (unpaired) electrons. The Labute approximate surface area is 117 Å². The van der Waals surface area contributed by atoms with Crippen molar-refractivity contribution in [2.45, 2.75) is 12.8 Å². The Morgan fingerprint density at radius 3 is 2.63 bits per heavy atom. The molecule has 1 aliphatic carbocycles. The lowest BCUT2D eigenvalue weighted by atomic mass is 9.97. The van der Waals surface area contributed by atoms with Gasteiger partial charge in [-0.1, -0.05) is 35.9 Å². The van der Waals surface area contributed by atoms with Gasteiger partial charge >= 0.3 is 0 Å². The summed E-state index contributed by atoms with van der Waals surface area (Å²) in [6, 6.07) is 11.6. The number of halogens is 1. The van der Waals surface area contributed by atoms with Crippen LogP contribution in [0.2, 0.25) is 5.02 Å². The van der Waals surface area contributed by atoms with Crippen molar-refractivity contribution in [3.63, 3.8) is 0 Å². The Kier molecular flexibility index (Phi) is 3.03. The molecule has 0 atom stereocenters. The number of ketones is 1. The Bertz CT molecular complexity index is 662. The van der Waals surface area contributed by atoms with E-state index in [9.17, 15) is 4.79 Å². The van der Waals surface area contributed by atoms with Crippen LogP contribution >= 0.6 is 11.6 Å². The van der Waals surface area contributed by atoms with Gasteiger partial charge in [-0.3, -0.25) is 4.79 Å². The minimum atomic E-state index is 0.233. The van der Waals surface area contributed by atoms with Gasteiger partial charge in [-0.05, 0) is 35.2 Å². The summed E-state index contributed by atoms with van der Waals surface area (Å²) in [7, 11) is 1.60. The molecule has 0 fully saturated rings. The van der Waals surface area contributed by atoms with E-state index in [1.165, 1.54) is 0 Å². The van der Waals surface area contributed by atoms with Crippen LogP contribution in [0.5, 0.6) is 5.75 Å². The number of hydrogen-bond donors (Lipinski definition) is 0. The number of fused-ring (bicyclic) bond motifs is 1. The second kappa shape index (κ2) is 4.71. The van der Waals surface area contributed by atoms with Crippen LogP contribution in [0.1, 0.15) is 22.3 Å². The molecule has 0 bridgehead atoms. The predicted molar refractivity (Wildman–Crippen MR) is 76.1 cm³/mol. The summed E-state index contributed by atoms with van der Waals surface area (Å²) < 4.78 is 5.16. The minimum absolute atomic E-state index is 0.233. The van der Waals surface area contributed by atoms with E-state index in [2.05, 4.69) is 0 Å². The standard InChI is InChI=1S/C16H13ClO2/c1-19-16-8-5-10(9-14(16)17)11-3-2-4-13-12(11)6-7-15(13)18/h2-5,8-9H,6-7H2,1H3. The van der Waals surface area contributed by atoms with E-state index in [1.807, 2.05) is 36.4 Å². The molecule has 2 aromatic carbocycles. The summed E-state index contributed by atoms with van der Waals surface area (Å²) in [5.74, 6) is 0.894. The molecule has 19 heavy (non-hydrogen) atoms. The van der Waals surface area contributed by atoms with E-state index in [0.717, 1.165) is 28.7 Å². The molecule has 0 aromatic heterocycles. The van der Waals surface area contributed by atoms with Crippen LogP contribution in [-0.4, -0.2) is 12.9 Å². The maximum Gasteiger partial charge on any atom is 0.163 e. The summed E-state index contributed by atoms with van der Waals surface area (Å²) in [5, 5.41) is 0.585. The van der Waals surface area contributed by atoms with Crippen molar-refractivity contribution in [1.82, 2.24) is 0 Å². The fourth-order valence-corrected chi connectivity index (χ4v) is 2.85. The average molecular weight is 273 g/mol. The Morgan fingerprint density at radius 2 is 1.89 bits per heavy atom. The first-order chi connectivity index (χ1) is 9.20. The van der Waals surface area contributed by atoms with Gasteiger partial charge in [-0.2, -0.15) is 0 Å². The first kappa shape index (κ1) is 12.2. The van der Waals surface area contributed by atoms with Gasteiger partial charge in [0, 0.05) is 12.0 Å². The van der Waals surface area contributed by atoms with E-state index in [-0.39, 0.29) is 5.78 Å². The largest absolute Gasteiger partial charge is 0.495 e. The van der Waals surface area contributed by atoms with Crippen molar-refractivity contribution < 1.29 is 9.53 Å². The second-order valence-corrected chi connectivity index (χ2v) is 5.01. The molecular formula is C16H13ClO2. The van der Waals surface area contributed by atoms with Crippen LogP contribution < -0.4 is 4.74 Å². The quantitative estimate of drug-likeness (QED) is 0.821. The smallest absolute Gasteiger partial charge is 0.163 e. The molecule has 0 heterocycles. The lowest BCUT2D eigenvalue weighted by molar-refractivity contribution is 0.0994. The highest BCUT2D eigenvalue weighted by Gasteiger charge is 2.22. The van der Waals surface area contributed by atoms with E-state index in [1.54, 1.807) is 7.11 Å². The summed E-state index contributed by atoms with van der Waals surface area (Å²) in [4.78, 5) is 11.8. The molecule has 2 nitrogen and oxygen atoms in total. The number of methoxy groups -OCH3 is 1. The lowest BCUT2D eigenvalue weighted by Gasteiger charge is -2.10. The highest BCUT2D eigenvalue weighted by molar-refractivity contribution is 6.32. The molecule has 0 spiro atoms. The minimum Gasteiger partial charge on any atom is -0.495 e. The average Bonchev–Trinajstić information content (AvgIpc) is 2.80. The summed E-state index contributed by atoms with van der Waals surface area (Å²) in [5.41, 5.74) is 4.10. The normalized spacial score (nSPS) is 13.5. The van der Waals surface area contributed by atoms with Crippen molar-refractivity contribution in [2.75, 3.05) is 7.11 Å². The van der Waals surface area contributed by atoms with Gasteiger partial charge in [-0.15, -0.1) is 0 Å². The van der Waals surface area contributed by atoms with Gasteiger partial charge in [0.1, 0.15) is 5.75 Å². The summed E-state index contributed by atoms with van der Waals surface area (Å²) in [6.45, 7) is 0. The number of carbonyl (C=O) groups excluding carboxylic acids is 1. The first-order valence-electron chi connectivity index (χ1n) is 6.19. The van der Waals surface area contributed by atoms with Gasteiger partial charge in [0.15, 0.2) is 5.78 Å². The molecular weight excluding hydrogens is 260 g/mol.